The molecule has 1 heterocycles. The molecule has 0 saturated carbocycles. The zero-order valence-electron chi connectivity index (χ0n) is 15.1. The van der Waals surface area contributed by atoms with E-state index < -0.39 is 23.3 Å². The number of hydrogen-bond donors (Lipinski definition) is 0. The van der Waals surface area contributed by atoms with E-state index in [4.69, 9.17) is 0 Å². The Bertz CT molecular complexity index is 1030. The second-order valence-corrected chi connectivity index (χ2v) is 6.63. The Labute approximate surface area is 160 Å². The summed E-state index contributed by atoms with van der Waals surface area (Å²) in [7, 11) is 0. The van der Waals surface area contributed by atoms with Gasteiger partial charge in [-0.05, 0) is 43.3 Å². The van der Waals surface area contributed by atoms with Crippen LogP contribution in [0.15, 0.2) is 60.7 Å². The predicted molar refractivity (Wildman–Crippen MR) is 100 cm³/mol. The van der Waals surface area contributed by atoms with E-state index in [-0.39, 0.29) is 24.5 Å². The van der Waals surface area contributed by atoms with Gasteiger partial charge in [-0.3, -0.25) is 0 Å². The average molecular weight is 385 g/mol. The summed E-state index contributed by atoms with van der Waals surface area (Å²) in [5.74, 6) is -2.62. The lowest BCUT2D eigenvalue weighted by atomic mass is 10.1. The van der Waals surface area contributed by atoms with Crippen molar-refractivity contribution in [3.05, 3.63) is 95.1 Å². The van der Waals surface area contributed by atoms with Gasteiger partial charge in [0.15, 0.2) is 34.6 Å². The summed E-state index contributed by atoms with van der Waals surface area (Å²) in [4.78, 5) is 1.43. The normalized spacial score (nSPS) is 14.1. The monoisotopic (exact) mass is 385 g/mol. The van der Waals surface area contributed by atoms with Crippen molar-refractivity contribution in [3.63, 3.8) is 0 Å². The Morgan fingerprint density at radius 2 is 1.29 bits per heavy atom. The smallest absolute Gasteiger partial charge is 0.217 e. The van der Waals surface area contributed by atoms with E-state index in [0.29, 0.717) is 11.4 Å². The van der Waals surface area contributed by atoms with Crippen LogP contribution in [0.25, 0.3) is 0 Å². The van der Waals surface area contributed by atoms with Gasteiger partial charge in [0.2, 0.25) is 0 Å². The fourth-order valence-electron chi connectivity index (χ4n) is 3.50. The van der Waals surface area contributed by atoms with Crippen LogP contribution in [0.3, 0.4) is 0 Å². The molecule has 0 amide bonds. The summed E-state index contributed by atoms with van der Waals surface area (Å²) in [6, 6.07) is 14.4. The molecule has 28 heavy (non-hydrogen) atoms. The highest BCUT2D eigenvalue weighted by molar-refractivity contribution is 6.08. The molecule has 0 radical (unpaired) electrons. The molecule has 4 rings (SSSR count). The van der Waals surface area contributed by atoms with Crippen LogP contribution >= 0.6 is 0 Å². The van der Waals surface area contributed by atoms with Gasteiger partial charge in [0, 0.05) is 0 Å². The highest BCUT2D eigenvalue weighted by Gasteiger charge is 2.39. The van der Waals surface area contributed by atoms with Crippen molar-refractivity contribution in [3.8, 4) is 0 Å². The minimum Gasteiger partial charge on any atom is -0.217 e. The first-order valence-electron chi connectivity index (χ1n) is 8.84. The van der Waals surface area contributed by atoms with Crippen molar-refractivity contribution in [2.75, 3.05) is 18.0 Å². The van der Waals surface area contributed by atoms with E-state index in [2.05, 4.69) is 0 Å². The standard InChI is InChI=1S/C22H17F4N2/c1-14-8-10-15(11-9-14)22-27(20-16(23)4-2-5-17(20)24)12-13-28(22)21-18(25)6-3-7-19(21)26/h2-11H,12-13H2,1H3/q+1. The fraction of sp³-hybridized carbons (Fsp3) is 0.136. The average Bonchev–Trinajstić information content (AvgIpc) is 3.06. The molecule has 1 aliphatic heterocycles. The van der Waals surface area contributed by atoms with Gasteiger partial charge in [-0.15, -0.1) is 0 Å². The quantitative estimate of drug-likeness (QED) is 0.446. The lowest BCUT2D eigenvalue weighted by Crippen LogP contribution is -2.31. The second-order valence-electron chi connectivity index (χ2n) is 6.63. The number of hydrogen-bond acceptors (Lipinski definition) is 1. The van der Waals surface area contributed by atoms with Crippen LogP contribution in [-0.2, 0) is 0 Å². The molecule has 3 aromatic carbocycles. The lowest BCUT2D eigenvalue weighted by molar-refractivity contribution is -0.433. The van der Waals surface area contributed by atoms with Crippen molar-refractivity contribution < 1.29 is 22.1 Å². The van der Waals surface area contributed by atoms with Crippen LogP contribution in [0.2, 0.25) is 0 Å². The van der Waals surface area contributed by atoms with Gasteiger partial charge in [0.1, 0.15) is 13.1 Å². The third-order valence-electron chi connectivity index (χ3n) is 4.78. The van der Waals surface area contributed by atoms with Gasteiger partial charge < -0.3 is 0 Å². The van der Waals surface area contributed by atoms with E-state index in [1.165, 1.54) is 21.6 Å². The van der Waals surface area contributed by atoms with Gasteiger partial charge >= 0.3 is 0 Å². The molecule has 0 fully saturated rings. The molecular formula is C22H17F4N2+. The molecule has 0 spiro atoms. The minimum atomic E-state index is -0.736. The van der Waals surface area contributed by atoms with Crippen LogP contribution in [0.4, 0.5) is 28.9 Å². The highest BCUT2D eigenvalue weighted by Crippen LogP contribution is 2.31. The second kappa shape index (κ2) is 7.11. The minimum absolute atomic E-state index is 0.175. The van der Waals surface area contributed by atoms with Crippen molar-refractivity contribution in [2.45, 2.75) is 6.92 Å². The summed E-state index contributed by atoms with van der Waals surface area (Å²) < 4.78 is 59.4. The first-order chi connectivity index (χ1) is 13.5. The molecule has 0 atom stereocenters. The number of benzene rings is 3. The molecule has 0 aromatic heterocycles. The van der Waals surface area contributed by atoms with Crippen LogP contribution in [0.5, 0.6) is 0 Å². The number of aryl methyl sites for hydroxylation is 1. The van der Waals surface area contributed by atoms with E-state index in [1.54, 1.807) is 12.1 Å². The van der Waals surface area contributed by atoms with E-state index in [9.17, 15) is 17.6 Å². The maximum Gasteiger partial charge on any atom is 0.290 e. The molecule has 142 valence electrons. The zero-order chi connectivity index (χ0) is 19.8. The molecule has 0 aliphatic carbocycles. The number of para-hydroxylation sites is 2. The van der Waals surface area contributed by atoms with Crippen molar-refractivity contribution in [1.82, 2.24) is 0 Å². The van der Waals surface area contributed by atoms with Crippen LogP contribution in [-0.4, -0.2) is 23.5 Å². The number of anilines is 1. The highest BCUT2D eigenvalue weighted by atomic mass is 19.1. The number of halogens is 4. The molecule has 6 heteroatoms. The van der Waals surface area contributed by atoms with E-state index in [1.807, 2.05) is 19.1 Å². The Hall–Kier alpha value is -3.15. The van der Waals surface area contributed by atoms with Crippen molar-refractivity contribution in [1.29, 1.82) is 0 Å². The van der Waals surface area contributed by atoms with E-state index in [0.717, 1.165) is 29.8 Å². The zero-order valence-corrected chi connectivity index (χ0v) is 15.1. The Balaban J connectivity index is 1.99. The Kier molecular flexibility index (Phi) is 4.63. The van der Waals surface area contributed by atoms with Crippen molar-refractivity contribution in [2.24, 2.45) is 0 Å². The number of rotatable bonds is 3. The van der Waals surface area contributed by atoms with Gasteiger partial charge in [-0.25, -0.2) is 27.0 Å². The molecule has 0 bridgehead atoms. The molecule has 0 N–H and O–H groups in total. The van der Waals surface area contributed by atoms with Crippen molar-refractivity contribution >= 4 is 17.2 Å². The summed E-state index contributed by atoms with van der Waals surface area (Å²) in [5.41, 5.74) is 1.12. The predicted octanol–water partition coefficient (Wildman–Crippen LogP) is 5.16. The van der Waals surface area contributed by atoms with Crippen LogP contribution in [0.1, 0.15) is 11.1 Å². The molecule has 2 nitrogen and oxygen atoms in total. The number of amidine groups is 1. The van der Waals surface area contributed by atoms with E-state index >= 15 is 0 Å². The Morgan fingerprint density at radius 3 is 1.86 bits per heavy atom. The maximum atomic E-state index is 14.5. The molecule has 0 unspecified atom stereocenters. The molecule has 3 aromatic rings. The summed E-state index contributed by atoms with van der Waals surface area (Å²) >= 11 is 0. The summed E-state index contributed by atoms with van der Waals surface area (Å²) in [5, 5.41) is 0. The van der Waals surface area contributed by atoms with Gasteiger partial charge in [0.25, 0.3) is 5.84 Å². The first kappa shape index (κ1) is 18.2. The van der Waals surface area contributed by atoms with Crippen LogP contribution in [0, 0.1) is 30.2 Å². The fourth-order valence-corrected chi connectivity index (χ4v) is 3.50. The van der Waals surface area contributed by atoms with Gasteiger partial charge in [-0.1, -0.05) is 29.8 Å². The van der Waals surface area contributed by atoms with Gasteiger partial charge in [0.05, 0.1) is 5.56 Å². The molecular weight excluding hydrogens is 368 g/mol. The molecule has 1 aliphatic rings. The summed E-state index contributed by atoms with van der Waals surface area (Å²) in [6.45, 7) is 2.26. The third kappa shape index (κ3) is 3.05. The largest absolute Gasteiger partial charge is 0.290 e. The SMILES string of the molecule is Cc1ccc(C2=[N+](c3c(F)cccc3F)CCN2c2c(F)cccc2F)cc1. The lowest BCUT2D eigenvalue weighted by Gasteiger charge is -2.15. The Morgan fingerprint density at radius 1 is 0.750 bits per heavy atom. The first-order valence-corrected chi connectivity index (χ1v) is 8.84. The maximum absolute atomic E-state index is 14.5. The van der Waals surface area contributed by atoms with Crippen LogP contribution < -0.4 is 4.90 Å². The topological polar surface area (TPSA) is 6.25 Å². The number of nitrogens with zero attached hydrogens (tertiary/aromatic N) is 2. The third-order valence-corrected chi connectivity index (χ3v) is 4.78. The van der Waals surface area contributed by atoms with Gasteiger partial charge in [-0.2, -0.15) is 0 Å². The summed E-state index contributed by atoms with van der Waals surface area (Å²) in [6.07, 6.45) is 0. The molecule has 0 saturated heterocycles.